The normalized spacial score (nSPS) is 12.4. The van der Waals surface area contributed by atoms with Crippen LogP contribution in [0, 0.1) is 19.8 Å². The van der Waals surface area contributed by atoms with Crippen molar-refractivity contribution >= 4 is 27.7 Å². The second-order valence-corrected chi connectivity index (χ2v) is 9.49. The smallest absolute Gasteiger partial charge is 0.257 e. The Morgan fingerprint density at radius 2 is 1.83 bits per heavy atom. The number of aryl methyl sites for hydroxylation is 2. The molecule has 0 bridgehead atoms. The first-order valence-electron chi connectivity index (χ1n) is 12.1. The van der Waals surface area contributed by atoms with Crippen LogP contribution in [-0.4, -0.2) is 27.7 Å². The Kier molecular flexibility index (Phi) is 6.22. The molecule has 0 saturated heterocycles. The maximum absolute atomic E-state index is 13.3. The van der Waals surface area contributed by atoms with Crippen molar-refractivity contribution in [3.8, 4) is 5.75 Å². The Hall–Kier alpha value is -4.13. The summed E-state index contributed by atoms with van der Waals surface area (Å²) in [6.45, 7) is 8.29. The topological polar surface area (TPSA) is 82.2 Å². The largest absolute Gasteiger partial charge is 0.497 e. The van der Waals surface area contributed by atoms with Gasteiger partial charge in [-0.1, -0.05) is 55.4 Å². The summed E-state index contributed by atoms with van der Waals surface area (Å²) in [6, 6.07) is 20.4. The van der Waals surface area contributed by atoms with Crippen molar-refractivity contribution in [1.82, 2.24) is 20.0 Å². The molecule has 2 aromatic heterocycles. The van der Waals surface area contributed by atoms with E-state index in [1.807, 2.05) is 30.3 Å². The number of hydrogen-bond donors (Lipinski definition) is 1. The third-order valence-electron chi connectivity index (χ3n) is 6.63. The molecule has 184 valence electrons. The molecule has 5 rings (SSSR count). The monoisotopic (exact) mass is 482 g/mol. The summed E-state index contributed by atoms with van der Waals surface area (Å²) in [5, 5.41) is 9.54. The highest BCUT2D eigenvalue weighted by Crippen LogP contribution is 2.30. The van der Waals surface area contributed by atoms with E-state index in [-0.39, 0.29) is 17.9 Å². The lowest BCUT2D eigenvalue weighted by molar-refractivity contribution is 0.0920. The summed E-state index contributed by atoms with van der Waals surface area (Å²) in [4.78, 5) is 18.3. The fraction of sp³-hybridized carbons (Fsp3) is 0.276. The van der Waals surface area contributed by atoms with Gasteiger partial charge in [0.1, 0.15) is 22.9 Å². The van der Waals surface area contributed by atoms with Gasteiger partial charge in [-0.05, 0) is 54.3 Å². The Labute approximate surface area is 210 Å². The minimum atomic E-state index is -0.329. The number of imidazole rings is 1. The molecule has 1 atom stereocenters. The fourth-order valence-electron chi connectivity index (χ4n) is 4.72. The molecule has 0 saturated carbocycles. The van der Waals surface area contributed by atoms with Gasteiger partial charge in [0.05, 0.1) is 29.9 Å². The number of benzene rings is 3. The van der Waals surface area contributed by atoms with Gasteiger partial charge in [-0.2, -0.15) is 0 Å². The van der Waals surface area contributed by atoms with Gasteiger partial charge in [-0.3, -0.25) is 4.79 Å². The first-order chi connectivity index (χ1) is 17.4. The van der Waals surface area contributed by atoms with Gasteiger partial charge < -0.3 is 19.1 Å². The van der Waals surface area contributed by atoms with E-state index < -0.39 is 0 Å². The third kappa shape index (κ3) is 4.33. The van der Waals surface area contributed by atoms with Crippen molar-refractivity contribution < 1.29 is 14.1 Å². The van der Waals surface area contributed by atoms with Crippen molar-refractivity contribution in [2.24, 2.45) is 5.92 Å². The fourth-order valence-corrected chi connectivity index (χ4v) is 4.72. The van der Waals surface area contributed by atoms with Crippen LogP contribution in [0.3, 0.4) is 0 Å². The Morgan fingerprint density at radius 3 is 2.53 bits per heavy atom. The summed E-state index contributed by atoms with van der Waals surface area (Å²) in [6.07, 6.45) is 0. The van der Waals surface area contributed by atoms with Crippen LogP contribution in [0.2, 0.25) is 0 Å². The maximum atomic E-state index is 13.3. The second kappa shape index (κ2) is 9.49. The van der Waals surface area contributed by atoms with Crippen LogP contribution in [0.4, 0.5) is 0 Å². The summed E-state index contributed by atoms with van der Waals surface area (Å²) in [7, 11) is 1.66. The number of amides is 1. The summed E-state index contributed by atoms with van der Waals surface area (Å²) in [5.74, 6) is 1.92. The predicted molar refractivity (Wildman–Crippen MR) is 140 cm³/mol. The quantitative estimate of drug-likeness (QED) is 0.309. The molecule has 0 aliphatic heterocycles. The lowest BCUT2D eigenvalue weighted by Gasteiger charge is -2.23. The number of carbonyl (C=O) groups is 1. The van der Waals surface area contributed by atoms with Crippen LogP contribution in [0.1, 0.15) is 53.1 Å². The van der Waals surface area contributed by atoms with Crippen molar-refractivity contribution in [3.05, 3.63) is 89.1 Å². The number of carbonyl (C=O) groups excluding carboxylic acids is 1. The number of nitrogens with one attached hydrogen (secondary N) is 1. The molecule has 0 aliphatic rings. The Balaban J connectivity index is 1.61. The second-order valence-electron chi connectivity index (χ2n) is 9.49. The van der Waals surface area contributed by atoms with E-state index in [2.05, 4.69) is 59.2 Å². The molecule has 5 aromatic rings. The molecular weight excluding hydrogens is 452 g/mol. The van der Waals surface area contributed by atoms with Gasteiger partial charge in [0.2, 0.25) is 0 Å². The van der Waals surface area contributed by atoms with Crippen molar-refractivity contribution in [2.75, 3.05) is 7.11 Å². The van der Waals surface area contributed by atoms with E-state index in [1.54, 1.807) is 21.0 Å². The van der Waals surface area contributed by atoms with Crippen LogP contribution >= 0.6 is 0 Å². The number of rotatable bonds is 7. The zero-order chi connectivity index (χ0) is 25.4. The number of methoxy groups -OCH3 is 1. The van der Waals surface area contributed by atoms with Crippen molar-refractivity contribution in [3.63, 3.8) is 0 Å². The molecule has 36 heavy (non-hydrogen) atoms. The van der Waals surface area contributed by atoms with Gasteiger partial charge in [0.25, 0.3) is 5.91 Å². The molecule has 1 amide bonds. The van der Waals surface area contributed by atoms with E-state index in [4.69, 9.17) is 14.2 Å². The number of aromatic nitrogens is 3. The van der Waals surface area contributed by atoms with E-state index in [1.165, 1.54) is 10.8 Å². The molecule has 7 nitrogen and oxygen atoms in total. The minimum absolute atomic E-state index is 0.0866. The van der Waals surface area contributed by atoms with Crippen molar-refractivity contribution in [2.45, 2.75) is 40.3 Å². The molecule has 0 aliphatic carbocycles. The molecule has 1 unspecified atom stereocenters. The minimum Gasteiger partial charge on any atom is -0.497 e. The number of ether oxygens (including phenoxy) is 1. The SMILES string of the molecule is COc1ccc2nc(C(NC(=O)c3c(C)noc3C)C(C)C)n(Cc3ccc4ccccc4c3)c2c1. The van der Waals surface area contributed by atoms with Gasteiger partial charge in [0.15, 0.2) is 0 Å². The van der Waals surface area contributed by atoms with Gasteiger partial charge in [-0.25, -0.2) is 4.98 Å². The molecule has 7 heteroatoms. The standard InChI is InChI=1S/C29H30N4O3/c1-17(2)27(31-29(34)26-18(3)32-36-19(26)4)28-30-24-13-12-23(35-5)15-25(24)33(28)16-20-10-11-21-8-6-7-9-22(21)14-20/h6-15,17,27H,16H2,1-5H3,(H,31,34). The lowest BCUT2D eigenvalue weighted by atomic mass is 10.0. The van der Waals surface area contributed by atoms with Crippen LogP contribution in [0.5, 0.6) is 5.75 Å². The average Bonchev–Trinajstić information content (AvgIpc) is 3.40. The average molecular weight is 483 g/mol. The van der Waals surface area contributed by atoms with E-state index in [0.29, 0.717) is 23.6 Å². The Bertz CT molecular complexity index is 1540. The van der Waals surface area contributed by atoms with Crippen LogP contribution < -0.4 is 10.1 Å². The van der Waals surface area contributed by atoms with Crippen molar-refractivity contribution in [1.29, 1.82) is 0 Å². The molecule has 0 spiro atoms. The maximum Gasteiger partial charge on any atom is 0.257 e. The van der Waals surface area contributed by atoms with E-state index in [9.17, 15) is 4.79 Å². The lowest BCUT2D eigenvalue weighted by Crippen LogP contribution is -2.34. The molecular formula is C29H30N4O3. The molecule has 1 N–H and O–H groups in total. The first kappa shape index (κ1) is 23.6. The zero-order valence-electron chi connectivity index (χ0n) is 21.2. The van der Waals surface area contributed by atoms with Gasteiger partial charge in [-0.15, -0.1) is 0 Å². The highest BCUT2D eigenvalue weighted by atomic mass is 16.5. The Morgan fingerprint density at radius 1 is 1.06 bits per heavy atom. The van der Waals surface area contributed by atoms with Gasteiger partial charge >= 0.3 is 0 Å². The van der Waals surface area contributed by atoms with Gasteiger partial charge in [0, 0.05) is 12.6 Å². The van der Waals surface area contributed by atoms with Crippen LogP contribution in [-0.2, 0) is 6.54 Å². The number of nitrogens with zero attached hydrogens (tertiary/aromatic N) is 3. The molecule has 0 radical (unpaired) electrons. The molecule has 2 heterocycles. The summed E-state index contributed by atoms with van der Waals surface area (Å²) < 4.78 is 12.9. The molecule has 0 fully saturated rings. The highest BCUT2D eigenvalue weighted by molar-refractivity contribution is 5.96. The summed E-state index contributed by atoms with van der Waals surface area (Å²) in [5.41, 5.74) is 4.00. The highest BCUT2D eigenvalue weighted by Gasteiger charge is 2.28. The van der Waals surface area contributed by atoms with E-state index >= 15 is 0 Å². The number of hydrogen-bond acceptors (Lipinski definition) is 5. The summed E-state index contributed by atoms with van der Waals surface area (Å²) >= 11 is 0. The predicted octanol–water partition coefficient (Wildman–Crippen LogP) is 5.98. The number of fused-ring (bicyclic) bond motifs is 2. The van der Waals surface area contributed by atoms with E-state index in [0.717, 1.165) is 28.2 Å². The van der Waals surface area contributed by atoms with Crippen LogP contribution in [0.15, 0.2) is 65.2 Å². The molecule has 3 aromatic carbocycles. The van der Waals surface area contributed by atoms with Crippen LogP contribution in [0.25, 0.3) is 21.8 Å². The zero-order valence-corrected chi connectivity index (χ0v) is 21.2. The first-order valence-corrected chi connectivity index (χ1v) is 12.1. The third-order valence-corrected chi connectivity index (χ3v) is 6.63.